The molecule has 0 saturated heterocycles. The average Bonchev–Trinajstić information content (AvgIpc) is 3.36. The van der Waals surface area contributed by atoms with Gasteiger partial charge in [-0.15, -0.1) is 11.8 Å². The molecule has 3 heterocycles. The lowest BCUT2D eigenvalue weighted by molar-refractivity contribution is -0.129. The molecule has 0 unspecified atom stereocenters. The number of hydrogen-bond donors (Lipinski definition) is 1. The first-order valence-corrected chi connectivity index (χ1v) is 10.4. The van der Waals surface area contributed by atoms with Gasteiger partial charge in [0, 0.05) is 22.7 Å². The molecule has 1 aliphatic heterocycles. The predicted octanol–water partition coefficient (Wildman–Crippen LogP) is 3.80. The molecule has 9 heteroatoms. The van der Waals surface area contributed by atoms with Crippen LogP contribution in [0.2, 0.25) is 0 Å². The van der Waals surface area contributed by atoms with Crippen molar-refractivity contribution in [2.75, 3.05) is 17.6 Å². The van der Waals surface area contributed by atoms with Crippen LogP contribution in [0.15, 0.2) is 52.0 Å². The number of carbonyl (C=O) groups is 2. The van der Waals surface area contributed by atoms with E-state index < -0.39 is 0 Å². The topological polar surface area (TPSA) is 75.4 Å². The molecule has 0 bridgehead atoms. The molecule has 2 amide bonds. The number of nitrogens with one attached hydrogen (secondary N) is 1. The number of rotatable bonds is 5. The molecule has 0 spiro atoms. The molecule has 0 aliphatic carbocycles. The zero-order chi connectivity index (χ0) is 19.5. The molecular formula is C19H16FN3O3S2. The van der Waals surface area contributed by atoms with Crippen LogP contribution in [0.3, 0.4) is 0 Å². The molecule has 1 aromatic carbocycles. The van der Waals surface area contributed by atoms with Gasteiger partial charge in [-0.2, -0.15) is 0 Å². The second-order valence-corrected chi connectivity index (χ2v) is 8.26. The Labute approximate surface area is 168 Å². The lowest BCUT2D eigenvalue weighted by Crippen LogP contribution is -2.36. The van der Waals surface area contributed by atoms with Crippen molar-refractivity contribution in [2.45, 2.75) is 17.9 Å². The molecule has 0 radical (unpaired) electrons. The molecule has 6 nitrogen and oxygen atoms in total. The van der Waals surface area contributed by atoms with Gasteiger partial charge in [-0.1, -0.05) is 11.3 Å². The van der Waals surface area contributed by atoms with Gasteiger partial charge in [0.25, 0.3) is 5.91 Å². The number of thioether (sulfide) groups is 1. The van der Waals surface area contributed by atoms with Gasteiger partial charge in [0.2, 0.25) is 5.91 Å². The number of benzene rings is 1. The van der Waals surface area contributed by atoms with Crippen LogP contribution in [-0.2, 0) is 17.8 Å². The molecule has 1 aliphatic rings. The van der Waals surface area contributed by atoms with E-state index in [0.29, 0.717) is 30.4 Å². The summed E-state index contributed by atoms with van der Waals surface area (Å²) in [5, 5.41) is 3.23. The maximum Gasteiger partial charge on any atom is 0.293 e. The van der Waals surface area contributed by atoms with E-state index in [4.69, 9.17) is 4.42 Å². The van der Waals surface area contributed by atoms with Gasteiger partial charge in [0.05, 0.1) is 24.3 Å². The third kappa shape index (κ3) is 4.26. The smallest absolute Gasteiger partial charge is 0.293 e. The van der Waals surface area contributed by atoms with Crippen molar-refractivity contribution in [1.29, 1.82) is 0 Å². The second kappa shape index (κ2) is 8.15. The van der Waals surface area contributed by atoms with Gasteiger partial charge in [-0.3, -0.25) is 14.9 Å². The van der Waals surface area contributed by atoms with E-state index in [1.807, 2.05) is 0 Å². The van der Waals surface area contributed by atoms with Crippen molar-refractivity contribution in [1.82, 2.24) is 9.88 Å². The first-order valence-electron chi connectivity index (χ1n) is 8.58. The monoisotopic (exact) mass is 417 g/mol. The lowest BCUT2D eigenvalue weighted by Gasteiger charge is -2.26. The average molecular weight is 417 g/mol. The summed E-state index contributed by atoms with van der Waals surface area (Å²) in [6.07, 6.45) is 2.09. The van der Waals surface area contributed by atoms with E-state index in [9.17, 15) is 14.0 Å². The molecule has 144 valence electrons. The normalized spacial score (nSPS) is 13.2. The quantitative estimate of drug-likeness (QED) is 0.639. The van der Waals surface area contributed by atoms with E-state index in [2.05, 4.69) is 10.3 Å². The Morgan fingerprint density at radius 1 is 1.29 bits per heavy atom. The number of amides is 2. The van der Waals surface area contributed by atoms with Gasteiger partial charge >= 0.3 is 0 Å². The molecule has 0 fully saturated rings. The predicted molar refractivity (Wildman–Crippen MR) is 105 cm³/mol. The van der Waals surface area contributed by atoms with Crippen molar-refractivity contribution in [2.24, 2.45) is 0 Å². The first kappa shape index (κ1) is 18.7. The standard InChI is InChI=1S/C19H16FN3O3S2/c20-12-3-5-13(6-4-12)27-11-17(24)23-8-7-14-16(10-23)28-19(21-14)22-18(25)15-2-1-9-26-15/h1-6,9H,7-8,10-11H2,(H,21,22,25). The van der Waals surface area contributed by atoms with Gasteiger partial charge in [-0.05, 0) is 36.4 Å². The highest BCUT2D eigenvalue weighted by Gasteiger charge is 2.25. The van der Waals surface area contributed by atoms with E-state index in [1.165, 1.54) is 41.5 Å². The highest BCUT2D eigenvalue weighted by Crippen LogP contribution is 2.29. The zero-order valence-corrected chi connectivity index (χ0v) is 16.3. The number of aromatic nitrogens is 1. The van der Waals surface area contributed by atoms with Crippen molar-refractivity contribution < 1.29 is 18.4 Å². The molecule has 0 atom stereocenters. The molecule has 28 heavy (non-hydrogen) atoms. The van der Waals surface area contributed by atoms with E-state index in [-0.39, 0.29) is 23.4 Å². The van der Waals surface area contributed by atoms with Gasteiger partial charge < -0.3 is 9.32 Å². The van der Waals surface area contributed by atoms with Crippen molar-refractivity contribution >= 4 is 40.0 Å². The number of thiazole rings is 1. The Bertz CT molecular complexity index is 987. The summed E-state index contributed by atoms with van der Waals surface area (Å²) in [5.74, 6) is -0.0987. The number of halogens is 1. The fourth-order valence-electron chi connectivity index (χ4n) is 2.80. The van der Waals surface area contributed by atoms with E-state index in [0.717, 1.165) is 15.5 Å². The van der Waals surface area contributed by atoms with Crippen LogP contribution in [-0.4, -0.2) is 34.0 Å². The van der Waals surface area contributed by atoms with Crippen LogP contribution < -0.4 is 5.32 Å². The number of fused-ring (bicyclic) bond motifs is 1. The summed E-state index contributed by atoms with van der Waals surface area (Å²) in [5.41, 5.74) is 0.912. The van der Waals surface area contributed by atoms with Crippen LogP contribution in [0.4, 0.5) is 9.52 Å². The molecule has 2 aromatic heterocycles. The fraction of sp³-hybridized carbons (Fsp3) is 0.211. The van der Waals surface area contributed by atoms with Gasteiger partial charge in [-0.25, -0.2) is 9.37 Å². The minimum absolute atomic E-state index is 0.0227. The molecular weight excluding hydrogens is 401 g/mol. The van der Waals surface area contributed by atoms with Crippen molar-refractivity contribution in [3.63, 3.8) is 0 Å². The summed E-state index contributed by atoms with van der Waals surface area (Å²) in [4.78, 5) is 32.7. The minimum Gasteiger partial charge on any atom is -0.459 e. The zero-order valence-electron chi connectivity index (χ0n) is 14.7. The third-order valence-electron chi connectivity index (χ3n) is 4.23. The molecule has 3 aromatic rings. The molecule has 0 saturated carbocycles. The van der Waals surface area contributed by atoms with Crippen LogP contribution >= 0.6 is 23.1 Å². The first-order chi connectivity index (χ1) is 13.6. The van der Waals surface area contributed by atoms with Crippen molar-refractivity contribution in [3.05, 3.63) is 64.8 Å². The summed E-state index contributed by atoms with van der Waals surface area (Å²) in [6, 6.07) is 9.33. The summed E-state index contributed by atoms with van der Waals surface area (Å²) < 4.78 is 18.0. The number of carbonyl (C=O) groups excluding carboxylic acids is 2. The summed E-state index contributed by atoms with van der Waals surface area (Å²) in [6.45, 7) is 1.07. The largest absolute Gasteiger partial charge is 0.459 e. The fourth-order valence-corrected chi connectivity index (χ4v) is 4.62. The molecule has 1 N–H and O–H groups in total. The Balaban J connectivity index is 1.35. The highest BCUT2D eigenvalue weighted by molar-refractivity contribution is 8.00. The maximum absolute atomic E-state index is 13.0. The number of nitrogens with zero attached hydrogens (tertiary/aromatic N) is 2. The Morgan fingerprint density at radius 2 is 2.11 bits per heavy atom. The van der Waals surface area contributed by atoms with Gasteiger partial charge in [0.1, 0.15) is 5.82 Å². The van der Waals surface area contributed by atoms with Crippen LogP contribution in [0, 0.1) is 5.82 Å². The highest BCUT2D eigenvalue weighted by atomic mass is 32.2. The van der Waals surface area contributed by atoms with Crippen molar-refractivity contribution in [3.8, 4) is 0 Å². The minimum atomic E-state index is -0.347. The van der Waals surface area contributed by atoms with Gasteiger partial charge in [0.15, 0.2) is 10.9 Å². The Morgan fingerprint density at radius 3 is 2.86 bits per heavy atom. The summed E-state index contributed by atoms with van der Waals surface area (Å²) >= 11 is 2.76. The van der Waals surface area contributed by atoms with E-state index >= 15 is 0 Å². The third-order valence-corrected chi connectivity index (χ3v) is 6.22. The van der Waals surface area contributed by atoms with Crippen LogP contribution in [0.1, 0.15) is 21.1 Å². The van der Waals surface area contributed by atoms with E-state index in [1.54, 1.807) is 29.2 Å². The van der Waals surface area contributed by atoms with Crippen LogP contribution in [0.5, 0.6) is 0 Å². The number of furan rings is 1. The molecule has 4 rings (SSSR count). The second-order valence-electron chi connectivity index (χ2n) is 6.13. The summed E-state index contributed by atoms with van der Waals surface area (Å²) in [7, 11) is 0. The maximum atomic E-state index is 13.0. The van der Waals surface area contributed by atoms with Crippen LogP contribution in [0.25, 0.3) is 0 Å². The number of hydrogen-bond acceptors (Lipinski definition) is 6. The Hall–Kier alpha value is -2.65. The lowest BCUT2D eigenvalue weighted by atomic mass is 10.2. The number of anilines is 1. The SMILES string of the molecule is O=C(Nc1nc2c(s1)CN(C(=O)CSc1ccc(F)cc1)CC2)c1ccco1. The Kier molecular flexibility index (Phi) is 5.45.